The van der Waals surface area contributed by atoms with E-state index in [0.717, 1.165) is 22.6 Å². The maximum atomic E-state index is 10.6. The van der Waals surface area contributed by atoms with E-state index in [9.17, 15) is 13.2 Å². The van der Waals surface area contributed by atoms with Crippen molar-refractivity contribution in [3.8, 4) is 5.75 Å². The number of fused-ring (bicyclic) bond motifs is 6. The van der Waals surface area contributed by atoms with Gasteiger partial charge in [-0.1, -0.05) is 35.9 Å². The van der Waals surface area contributed by atoms with E-state index >= 15 is 0 Å². The molecule has 0 saturated carbocycles. The predicted octanol–water partition coefficient (Wildman–Crippen LogP) is 5.57. The summed E-state index contributed by atoms with van der Waals surface area (Å²) < 4.78 is 37.7. The zero-order valence-corrected chi connectivity index (χ0v) is 17.4. The van der Waals surface area contributed by atoms with Crippen LogP contribution in [-0.2, 0) is 11.4 Å². The number of nitrogens with one attached hydrogen (secondary N) is 2. The lowest BCUT2D eigenvalue weighted by molar-refractivity contribution is -0.192. The molecule has 6 bridgehead atoms. The van der Waals surface area contributed by atoms with Crippen LogP contribution in [0.25, 0.3) is 0 Å². The summed E-state index contributed by atoms with van der Waals surface area (Å²) in [4.78, 5) is 17.7. The normalized spacial score (nSPS) is 15.0. The van der Waals surface area contributed by atoms with Gasteiger partial charge in [-0.05, 0) is 42.3 Å². The van der Waals surface area contributed by atoms with E-state index in [-0.39, 0.29) is 6.04 Å². The number of carbonyl (C=O) groups is 1. The molecule has 1 aliphatic rings. The molecule has 0 radical (unpaired) electrons. The fourth-order valence-electron chi connectivity index (χ4n) is 2.73. The molecule has 1 aliphatic heterocycles. The van der Waals surface area contributed by atoms with Crippen LogP contribution in [0, 0.1) is 0 Å². The Bertz CT molecular complexity index is 1110. The molecule has 0 amide bonds. The Hall–Kier alpha value is -3.53. The quantitative estimate of drug-likeness (QED) is 0.398. The molecule has 1 aromatic heterocycles. The third kappa shape index (κ3) is 6.24. The van der Waals surface area contributed by atoms with Crippen molar-refractivity contribution in [3.63, 3.8) is 0 Å². The SMILES string of the molecule is C[C@@H]1Nc2nc(ncc2Cl)Nc2cccc(c2)COc2cccc1c2.O=C(O)C(F)(F)F. The van der Waals surface area contributed by atoms with Crippen molar-refractivity contribution in [2.24, 2.45) is 0 Å². The molecule has 168 valence electrons. The number of rotatable bonds is 0. The Morgan fingerprint density at radius 1 is 1.22 bits per heavy atom. The van der Waals surface area contributed by atoms with E-state index in [4.69, 9.17) is 26.2 Å². The zero-order chi connectivity index (χ0) is 23.3. The number of aromatic nitrogens is 2. The average Bonchev–Trinajstić information content (AvgIpc) is 2.74. The molecule has 3 aromatic rings. The lowest BCUT2D eigenvalue weighted by Crippen LogP contribution is -2.21. The van der Waals surface area contributed by atoms with Crippen molar-refractivity contribution in [2.45, 2.75) is 25.7 Å². The monoisotopic (exact) mass is 466 g/mol. The van der Waals surface area contributed by atoms with Gasteiger partial charge in [-0.25, -0.2) is 9.78 Å². The summed E-state index contributed by atoms with van der Waals surface area (Å²) in [5, 5.41) is 14.2. The molecule has 0 fully saturated rings. The van der Waals surface area contributed by atoms with E-state index in [1.54, 1.807) is 6.20 Å². The first-order chi connectivity index (χ1) is 15.1. The first kappa shape index (κ1) is 23.1. The van der Waals surface area contributed by atoms with Crippen LogP contribution in [0.15, 0.2) is 54.7 Å². The number of hydrogen-bond donors (Lipinski definition) is 3. The van der Waals surface area contributed by atoms with Gasteiger partial charge in [-0.15, -0.1) is 0 Å². The van der Waals surface area contributed by atoms with E-state index in [1.807, 2.05) is 48.5 Å². The van der Waals surface area contributed by atoms with Gasteiger partial charge in [-0.2, -0.15) is 18.2 Å². The fraction of sp³-hybridized carbons (Fsp3) is 0.190. The second-order valence-corrected chi connectivity index (χ2v) is 7.15. The third-order valence-electron chi connectivity index (χ3n) is 4.29. The van der Waals surface area contributed by atoms with Crippen LogP contribution >= 0.6 is 11.6 Å². The molecule has 0 saturated heterocycles. The number of hydrogen-bond acceptors (Lipinski definition) is 6. The standard InChI is InChI=1S/C19H17ClN4O.C2HF3O2/c1-12-14-5-3-7-16(9-14)25-11-13-4-2-6-15(8-13)23-19-21-10-17(20)18(22-12)24-19;3-2(4,5)1(6)7/h2-10,12H,11H2,1H3,(H2,21,22,23,24);(H,6,7)/t12-;/m0./s1. The molecule has 3 N–H and O–H groups in total. The zero-order valence-electron chi connectivity index (χ0n) is 16.7. The molecule has 11 heteroatoms. The molecule has 2 aromatic carbocycles. The van der Waals surface area contributed by atoms with Crippen molar-refractivity contribution in [2.75, 3.05) is 10.6 Å². The Morgan fingerprint density at radius 3 is 2.66 bits per heavy atom. The Labute approximate surface area is 186 Å². The van der Waals surface area contributed by atoms with Gasteiger partial charge < -0.3 is 20.5 Å². The molecule has 32 heavy (non-hydrogen) atoms. The highest BCUT2D eigenvalue weighted by Crippen LogP contribution is 2.28. The Morgan fingerprint density at radius 2 is 1.94 bits per heavy atom. The first-order valence-corrected chi connectivity index (χ1v) is 9.67. The van der Waals surface area contributed by atoms with Crippen LogP contribution in [0.1, 0.15) is 24.1 Å². The summed E-state index contributed by atoms with van der Waals surface area (Å²) in [6.07, 6.45) is -3.48. The number of ether oxygens (including phenoxy) is 1. The summed E-state index contributed by atoms with van der Waals surface area (Å²) in [6, 6.07) is 16.0. The van der Waals surface area contributed by atoms with Gasteiger partial charge in [0.15, 0.2) is 5.82 Å². The number of nitrogens with zero attached hydrogens (tertiary/aromatic N) is 2. The van der Waals surface area contributed by atoms with Crippen LogP contribution in [0.2, 0.25) is 5.02 Å². The molecule has 1 atom stereocenters. The first-order valence-electron chi connectivity index (χ1n) is 9.30. The Balaban J connectivity index is 0.000000360. The molecule has 4 rings (SSSR count). The van der Waals surface area contributed by atoms with Gasteiger partial charge in [0.1, 0.15) is 17.4 Å². The minimum atomic E-state index is -5.08. The number of anilines is 3. The van der Waals surface area contributed by atoms with Gasteiger partial charge >= 0.3 is 12.1 Å². The molecule has 7 nitrogen and oxygen atoms in total. The number of carboxylic acids is 1. The van der Waals surface area contributed by atoms with Gasteiger partial charge in [0.2, 0.25) is 5.95 Å². The van der Waals surface area contributed by atoms with Gasteiger partial charge in [0.05, 0.1) is 12.2 Å². The van der Waals surface area contributed by atoms with Crippen LogP contribution in [0.3, 0.4) is 0 Å². The van der Waals surface area contributed by atoms with Gasteiger partial charge in [0, 0.05) is 5.69 Å². The highest BCUT2D eigenvalue weighted by molar-refractivity contribution is 6.32. The average molecular weight is 467 g/mol. The third-order valence-corrected chi connectivity index (χ3v) is 4.56. The second-order valence-electron chi connectivity index (χ2n) is 6.75. The summed E-state index contributed by atoms with van der Waals surface area (Å²) in [5.41, 5.74) is 3.05. The highest BCUT2D eigenvalue weighted by Gasteiger charge is 2.38. The molecular formula is C21H18ClF3N4O3. The molecule has 2 heterocycles. The van der Waals surface area contributed by atoms with Crippen LogP contribution in [0.4, 0.5) is 30.6 Å². The van der Waals surface area contributed by atoms with E-state index in [2.05, 4.69) is 27.5 Å². The number of carboxylic acid groups (broad SMARTS) is 1. The molecule has 0 unspecified atom stereocenters. The number of benzene rings is 2. The predicted molar refractivity (Wildman–Crippen MR) is 113 cm³/mol. The van der Waals surface area contributed by atoms with Crippen molar-refractivity contribution in [1.29, 1.82) is 0 Å². The van der Waals surface area contributed by atoms with Crippen LogP contribution in [-0.4, -0.2) is 27.2 Å². The summed E-state index contributed by atoms with van der Waals surface area (Å²) in [7, 11) is 0. The van der Waals surface area contributed by atoms with E-state index in [0.29, 0.717) is 23.4 Å². The minimum absolute atomic E-state index is 0.0181. The van der Waals surface area contributed by atoms with Crippen molar-refractivity contribution in [3.05, 3.63) is 70.9 Å². The maximum Gasteiger partial charge on any atom is 0.490 e. The molecule has 0 spiro atoms. The summed E-state index contributed by atoms with van der Waals surface area (Å²) in [5.74, 6) is -0.849. The van der Waals surface area contributed by atoms with Crippen LogP contribution in [0.5, 0.6) is 5.75 Å². The number of halogens is 4. The summed E-state index contributed by atoms with van der Waals surface area (Å²) >= 11 is 6.26. The van der Waals surface area contributed by atoms with Crippen molar-refractivity contribution in [1.82, 2.24) is 9.97 Å². The van der Waals surface area contributed by atoms with Crippen molar-refractivity contribution >= 4 is 35.0 Å². The smallest absolute Gasteiger partial charge is 0.489 e. The maximum absolute atomic E-state index is 10.6. The highest BCUT2D eigenvalue weighted by atomic mass is 35.5. The topological polar surface area (TPSA) is 96.4 Å². The van der Waals surface area contributed by atoms with Crippen molar-refractivity contribution < 1.29 is 27.8 Å². The molecular weight excluding hydrogens is 449 g/mol. The van der Waals surface area contributed by atoms with E-state index in [1.165, 1.54) is 0 Å². The number of alkyl halides is 3. The lowest BCUT2D eigenvalue weighted by Gasteiger charge is -2.18. The fourth-order valence-corrected chi connectivity index (χ4v) is 2.87. The van der Waals surface area contributed by atoms with E-state index < -0.39 is 12.1 Å². The Kier molecular flexibility index (Phi) is 7.04. The van der Waals surface area contributed by atoms with Gasteiger partial charge in [-0.3, -0.25) is 0 Å². The van der Waals surface area contributed by atoms with Crippen LogP contribution < -0.4 is 15.4 Å². The molecule has 0 aliphatic carbocycles. The lowest BCUT2D eigenvalue weighted by atomic mass is 10.1. The second kappa shape index (κ2) is 9.73. The number of aliphatic carboxylic acids is 1. The largest absolute Gasteiger partial charge is 0.490 e. The summed E-state index contributed by atoms with van der Waals surface area (Å²) in [6.45, 7) is 2.55. The minimum Gasteiger partial charge on any atom is -0.489 e. The van der Waals surface area contributed by atoms with Gasteiger partial charge in [0.25, 0.3) is 0 Å².